The molecule has 0 aliphatic rings. The van der Waals surface area contributed by atoms with E-state index in [-0.39, 0.29) is 9.52 Å². The van der Waals surface area contributed by atoms with Crippen LogP contribution in [0.3, 0.4) is 0 Å². The summed E-state index contributed by atoms with van der Waals surface area (Å²) in [6.07, 6.45) is -2.97. The minimum Gasteiger partial charge on any atom is -0.384 e. The van der Waals surface area contributed by atoms with Gasteiger partial charge in [0.05, 0.1) is 10.5 Å². The van der Waals surface area contributed by atoms with Crippen LogP contribution in [0, 0.1) is 3.70 Å². The van der Waals surface area contributed by atoms with Crippen LogP contribution in [0.5, 0.6) is 0 Å². The van der Waals surface area contributed by atoms with Crippen LogP contribution < -0.4 is 10.9 Å². The summed E-state index contributed by atoms with van der Waals surface area (Å²) in [6.45, 7) is 0. The topological polar surface area (TPSA) is 99.1 Å². The van der Waals surface area contributed by atoms with Crippen molar-refractivity contribution in [3.05, 3.63) is 15.3 Å². The molecule has 1 aromatic rings. The van der Waals surface area contributed by atoms with E-state index in [1.54, 1.807) is 0 Å². The molecular formula is C6H6F2IN3O2S. The van der Waals surface area contributed by atoms with Crippen molar-refractivity contribution < 1.29 is 17.2 Å². The van der Waals surface area contributed by atoms with Gasteiger partial charge in [0.25, 0.3) is 6.43 Å². The highest BCUT2D eigenvalue weighted by atomic mass is 127. The number of alkyl halides is 2. The van der Waals surface area contributed by atoms with Crippen LogP contribution >= 0.6 is 22.6 Å². The number of primary sulfonamides is 1. The van der Waals surface area contributed by atoms with E-state index in [4.69, 9.17) is 10.9 Å². The van der Waals surface area contributed by atoms with Crippen molar-refractivity contribution in [2.75, 3.05) is 5.73 Å². The first kappa shape index (κ1) is 12.5. The summed E-state index contributed by atoms with van der Waals surface area (Å²) in [4.78, 5) is 2.85. The zero-order chi connectivity index (χ0) is 11.8. The summed E-state index contributed by atoms with van der Waals surface area (Å²) in [5, 5.41) is 4.79. The lowest BCUT2D eigenvalue weighted by atomic mass is 10.3. The molecule has 0 radical (unpaired) electrons. The zero-order valence-electron chi connectivity index (χ0n) is 7.12. The summed E-state index contributed by atoms with van der Waals surface area (Å²) < 4.78 is 47.0. The van der Waals surface area contributed by atoms with E-state index in [1.807, 2.05) is 0 Å². The Morgan fingerprint density at radius 2 is 2.00 bits per heavy atom. The van der Waals surface area contributed by atoms with Crippen molar-refractivity contribution in [3.8, 4) is 0 Å². The minimum atomic E-state index is -4.23. The maximum absolute atomic E-state index is 12.5. The van der Waals surface area contributed by atoms with Crippen molar-refractivity contribution in [3.63, 3.8) is 0 Å². The number of nitrogen functional groups attached to an aromatic ring is 1. The molecule has 0 amide bonds. The summed E-state index contributed by atoms with van der Waals surface area (Å²) in [5.41, 5.74) is 4.53. The molecule has 5 nitrogen and oxygen atoms in total. The van der Waals surface area contributed by atoms with Gasteiger partial charge in [-0.15, -0.1) is 0 Å². The number of nitrogens with two attached hydrogens (primary N) is 2. The minimum absolute atomic E-state index is 0.173. The van der Waals surface area contributed by atoms with Crippen LogP contribution in [-0.2, 0) is 10.0 Å². The second-order valence-corrected chi connectivity index (χ2v) is 5.15. The van der Waals surface area contributed by atoms with Crippen molar-refractivity contribution in [2.24, 2.45) is 5.14 Å². The fraction of sp³-hybridized carbons (Fsp3) is 0.167. The van der Waals surface area contributed by atoms with Crippen LogP contribution in [0.25, 0.3) is 0 Å². The summed E-state index contributed by atoms with van der Waals surface area (Å²) in [6, 6.07) is 0.818. The number of pyridine rings is 1. The van der Waals surface area contributed by atoms with Crippen molar-refractivity contribution >= 4 is 38.4 Å². The van der Waals surface area contributed by atoms with E-state index in [1.165, 1.54) is 22.6 Å². The number of aromatic nitrogens is 1. The van der Waals surface area contributed by atoms with Gasteiger partial charge in [0.15, 0.2) is 0 Å². The normalized spacial score (nSPS) is 12.1. The monoisotopic (exact) mass is 349 g/mol. The van der Waals surface area contributed by atoms with Crippen LogP contribution in [0.2, 0.25) is 0 Å². The van der Waals surface area contributed by atoms with Crippen molar-refractivity contribution in [2.45, 2.75) is 11.3 Å². The molecule has 9 heteroatoms. The molecule has 4 N–H and O–H groups in total. The molecule has 1 rings (SSSR count). The Bertz CT molecular complexity index is 491. The number of anilines is 1. The van der Waals surface area contributed by atoms with E-state index >= 15 is 0 Å². The molecule has 0 saturated heterocycles. The van der Waals surface area contributed by atoms with E-state index in [2.05, 4.69) is 4.98 Å². The van der Waals surface area contributed by atoms with Gasteiger partial charge >= 0.3 is 0 Å². The first-order valence-corrected chi connectivity index (χ1v) is 6.13. The molecule has 1 heterocycles. The summed E-state index contributed by atoms with van der Waals surface area (Å²) in [5.74, 6) is -0.173. The molecule has 0 bridgehead atoms. The van der Waals surface area contributed by atoms with E-state index in [9.17, 15) is 17.2 Å². The van der Waals surface area contributed by atoms with Gasteiger partial charge in [-0.25, -0.2) is 27.3 Å². The number of hydrogen-bond donors (Lipinski definition) is 2. The molecule has 0 aliphatic heterocycles. The first-order chi connectivity index (χ1) is 6.73. The molecule has 15 heavy (non-hydrogen) atoms. The third kappa shape index (κ3) is 2.72. The second kappa shape index (κ2) is 4.14. The lowest BCUT2D eigenvalue weighted by Gasteiger charge is -2.09. The van der Waals surface area contributed by atoms with E-state index in [0.717, 1.165) is 6.07 Å². The average molecular weight is 349 g/mol. The maximum atomic E-state index is 12.5. The number of hydrogen-bond acceptors (Lipinski definition) is 4. The standard InChI is InChI=1S/C6H6F2IN3O2S/c7-5(8)4-2(15(11,13)14)1-3(10)12-6(4)9/h1,5H,(H2,10,12)(H2,11,13,14). The number of sulfonamides is 1. The molecule has 0 spiro atoms. The second-order valence-electron chi connectivity index (χ2n) is 2.60. The predicted molar refractivity (Wildman–Crippen MR) is 57.7 cm³/mol. The zero-order valence-corrected chi connectivity index (χ0v) is 10.1. The highest BCUT2D eigenvalue weighted by molar-refractivity contribution is 14.1. The van der Waals surface area contributed by atoms with Crippen LogP contribution in [0.4, 0.5) is 14.6 Å². The van der Waals surface area contributed by atoms with Gasteiger partial charge in [-0.2, -0.15) is 0 Å². The van der Waals surface area contributed by atoms with Crippen LogP contribution in [0.15, 0.2) is 11.0 Å². The Labute approximate surface area is 98.0 Å². The molecule has 0 fully saturated rings. The molecule has 0 aliphatic carbocycles. The van der Waals surface area contributed by atoms with Gasteiger partial charge in [-0.3, -0.25) is 0 Å². The van der Waals surface area contributed by atoms with Crippen LogP contribution in [0.1, 0.15) is 12.0 Å². The van der Waals surface area contributed by atoms with Gasteiger partial charge in [0.2, 0.25) is 10.0 Å². The Hall–Kier alpha value is -0.550. The van der Waals surface area contributed by atoms with Gasteiger partial charge < -0.3 is 5.73 Å². The van der Waals surface area contributed by atoms with Crippen molar-refractivity contribution in [1.82, 2.24) is 4.98 Å². The lowest BCUT2D eigenvalue weighted by Crippen LogP contribution is -2.17. The fourth-order valence-corrected chi connectivity index (χ4v) is 2.72. The third-order valence-electron chi connectivity index (χ3n) is 1.52. The molecule has 84 valence electrons. The third-order valence-corrected chi connectivity index (χ3v) is 3.29. The molecule has 0 saturated carbocycles. The predicted octanol–water partition coefficient (Wildman–Crippen LogP) is 0.853. The van der Waals surface area contributed by atoms with Gasteiger partial charge in [0, 0.05) is 6.07 Å². The lowest BCUT2D eigenvalue weighted by molar-refractivity contribution is 0.146. The molecule has 0 atom stereocenters. The maximum Gasteiger partial charge on any atom is 0.267 e. The highest BCUT2D eigenvalue weighted by Gasteiger charge is 2.25. The average Bonchev–Trinajstić information content (AvgIpc) is 1.99. The van der Waals surface area contributed by atoms with Gasteiger partial charge in [-0.1, -0.05) is 0 Å². The largest absolute Gasteiger partial charge is 0.384 e. The SMILES string of the molecule is Nc1cc(S(N)(=O)=O)c(C(F)F)c(I)n1. The number of halogens is 3. The van der Waals surface area contributed by atoms with E-state index < -0.39 is 26.9 Å². The number of nitrogens with zero attached hydrogens (tertiary/aromatic N) is 1. The summed E-state index contributed by atoms with van der Waals surface area (Å²) in [7, 11) is -4.23. The molecule has 1 aromatic heterocycles. The number of rotatable bonds is 2. The fourth-order valence-electron chi connectivity index (χ4n) is 0.953. The molecule has 0 unspecified atom stereocenters. The smallest absolute Gasteiger partial charge is 0.267 e. The quantitative estimate of drug-likeness (QED) is 0.611. The Morgan fingerprint density at radius 3 is 2.40 bits per heavy atom. The molecule has 0 aromatic carbocycles. The Balaban J connectivity index is 3.62. The summed E-state index contributed by atoms with van der Waals surface area (Å²) >= 11 is 1.48. The highest BCUT2D eigenvalue weighted by Crippen LogP contribution is 2.30. The Kier molecular flexibility index (Phi) is 3.45. The first-order valence-electron chi connectivity index (χ1n) is 3.50. The Morgan fingerprint density at radius 1 is 1.47 bits per heavy atom. The van der Waals surface area contributed by atoms with Crippen LogP contribution in [-0.4, -0.2) is 13.4 Å². The van der Waals surface area contributed by atoms with Crippen molar-refractivity contribution in [1.29, 1.82) is 0 Å². The van der Waals surface area contributed by atoms with Gasteiger partial charge in [-0.05, 0) is 22.6 Å². The van der Waals surface area contributed by atoms with E-state index in [0.29, 0.717) is 0 Å². The van der Waals surface area contributed by atoms with Gasteiger partial charge in [0.1, 0.15) is 9.52 Å². The molecular weight excluding hydrogens is 343 g/mol.